The van der Waals surface area contributed by atoms with Gasteiger partial charge in [0.25, 0.3) is 0 Å². The van der Waals surface area contributed by atoms with Gasteiger partial charge in [-0.05, 0) is 24.0 Å². The van der Waals surface area contributed by atoms with Gasteiger partial charge in [-0.3, -0.25) is 4.79 Å². The molecule has 0 atom stereocenters. The summed E-state index contributed by atoms with van der Waals surface area (Å²) < 4.78 is 10.3. The highest BCUT2D eigenvalue weighted by Gasteiger charge is 2.10. The summed E-state index contributed by atoms with van der Waals surface area (Å²) in [4.78, 5) is 11.8. The summed E-state index contributed by atoms with van der Waals surface area (Å²) in [5.74, 6) is 2.80. The zero-order valence-corrected chi connectivity index (χ0v) is 10.6. The quantitative estimate of drug-likeness (QED) is 0.716. The summed E-state index contributed by atoms with van der Waals surface area (Å²) in [5.41, 5.74) is 0.665. The van der Waals surface area contributed by atoms with Crippen molar-refractivity contribution in [3.8, 4) is 11.5 Å². The van der Waals surface area contributed by atoms with E-state index in [-0.39, 0.29) is 5.78 Å². The van der Waals surface area contributed by atoms with Gasteiger partial charge in [-0.15, -0.1) is 0 Å². The molecule has 0 aliphatic heterocycles. The van der Waals surface area contributed by atoms with Gasteiger partial charge in [0.15, 0.2) is 17.3 Å². The Morgan fingerprint density at radius 3 is 2.50 bits per heavy atom. The molecule has 0 fully saturated rings. The van der Waals surface area contributed by atoms with E-state index in [1.54, 1.807) is 44.2 Å². The fraction of sp³-hybridized carbons (Fsp3) is 0.417. The number of carbonyl (C=O) groups is 1. The number of Topliss-reactive ketones (excluding diaryl/α,β-unsaturated/α-hetero) is 1. The van der Waals surface area contributed by atoms with Crippen molar-refractivity contribution < 1.29 is 14.3 Å². The van der Waals surface area contributed by atoms with Gasteiger partial charge in [0.2, 0.25) is 0 Å². The first kappa shape index (κ1) is 12.9. The molecule has 0 unspecified atom stereocenters. The number of rotatable bonds is 6. The molecule has 88 valence electrons. The molecule has 1 rings (SSSR count). The third kappa shape index (κ3) is 3.17. The predicted octanol–water partition coefficient (Wildman–Crippen LogP) is 2.64. The zero-order valence-electron chi connectivity index (χ0n) is 9.78. The van der Waals surface area contributed by atoms with Crippen molar-refractivity contribution in [1.82, 2.24) is 0 Å². The van der Waals surface area contributed by atoms with Gasteiger partial charge < -0.3 is 9.47 Å². The van der Waals surface area contributed by atoms with Crippen molar-refractivity contribution in [3.63, 3.8) is 0 Å². The number of methoxy groups -OCH3 is 2. The molecule has 3 nitrogen and oxygen atoms in total. The lowest BCUT2D eigenvalue weighted by Gasteiger charge is -2.08. The van der Waals surface area contributed by atoms with Crippen molar-refractivity contribution in [2.75, 3.05) is 25.7 Å². The first-order valence-electron chi connectivity index (χ1n) is 5.05. The van der Waals surface area contributed by atoms with Crippen LogP contribution in [0, 0.1) is 0 Å². The van der Waals surface area contributed by atoms with E-state index >= 15 is 0 Å². The Kier molecular flexibility index (Phi) is 5.19. The molecule has 0 aromatic heterocycles. The Bertz CT molecular complexity index is 363. The summed E-state index contributed by atoms with van der Waals surface area (Å²) in [7, 11) is 3.14. The molecular weight excluding hydrogens is 224 g/mol. The van der Waals surface area contributed by atoms with Crippen LogP contribution < -0.4 is 9.47 Å². The van der Waals surface area contributed by atoms with Crippen LogP contribution in [0.1, 0.15) is 17.3 Å². The summed E-state index contributed by atoms with van der Waals surface area (Å²) in [6.45, 7) is 2.03. The van der Waals surface area contributed by atoms with Crippen LogP contribution in [0.4, 0.5) is 0 Å². The molecule has 0 spiro atoms. The van der Waals surface area contributed by atoms with Gasteiger partial charge >= 0.3 is 0 Å². The van der Waals surface area contributed by atoms with Gasteiger partial charge in [-0.1, -0.05) is 6.92 Å². The highest BCUT2D eigenvalue weighted by atomic mass is 32.2. The Morgan fingerprint density at radius 1 is 1.25 bits per heavy atom. The summed E-state index contributed by atoms with van der Waals surface area (Å²) in [6, 6.07) is 5.24. The van der Waals surface area contributed by atoms with Crippen molar-refractivity contribution in [2.45, 2.75) is 6.92 Å². The van der Waals surface area contributed by atoms with E-state index in [1.807, 2.05) is 6.92 Å². The van der Waals surface area contributed by atoms with E-state index in [2.05, 4.69) is 0 Å². The minimum Gasteiger partial charge on any atom is -0.493 e. The second-order valence-corrected chi connectivity index (χ2v) is 4.40. The molecule has 0 bridgehead atoms. The van der Waals surface area contributed by atoms with Crippen molar-refractivity contribution >= 4 is 17.5 Å². The van der Waals surface area contributed by atoms with E-state index in [9.17, 15) is 4.79 Å². The van der Waals surface area contributed by atoms with Crippen molar-refractivity contribution in [3.05, 3.63) is 23.8 Å². The van der Waals surface area contributed by atoms with Crippen LogP contribution in [-0.2, 0) is 0 Å². The monoisotopic (exact) mass is 240 g/mol. The Hall–Kier alpha value is -1.16. The average Bonchev–Trinajstić information content (AvgIpc) is 2.34. The smallest absolute Gasteiger partial charge is 0.172 e. The lowest BCUT2D eigenvalue weighted by molar-refractivity contribution is 0.102. The molecule has 1 aromatic carbocycles. The summed E-state index contributed by atoms with van der Waals surface area (Å²) >= 11 is 1.61. The lowest BCUT2D eigenvalue weighted by atomic mass is 10.1. The van der Waals surface area contributed by atoms with Gasteiger partial charge in [0.1, 0.15) is 0 Å². The van der Waals surface area contributed by atoms with Gasteiger partial charge in [0.05, 0.1) is 20.0 Å². The average molecular weight is 240 g/mol. The fourth-order valence-corrected chi connectivity index (χ4v) is 1.84. The van der Waals surface area contributed by atoms with Crippen LogP contribution in [0.2, 0.25) is 0 Å². The van der Waals surface area contributed by atoms with Gasteiger partial charge in [0, 0.05) is 5.56 Å². The zero-order chi connectivity index (χ0) is 12.0. The van der Waals surface area contributed by atoms with Crippen LogP contribution in [0.5, 0.6) is 11.5 Å². The van der Waals surface area contributed by atoms with Crippen LogP contribution >= 0.6 is 11.8 Å². The molecule has 0 heterocycles. The van der Waals surface area contributed by atoms with E-state index in [4.69, 9.17) is 9.47 Å². The minimum atomic E-state index is 0.118. The largest absolute Gasteiger partial charge is 0.493 e. The minimum absolute atomic E-state index is 0.118. The molecule has 0 amide bonds. The number of thioether (sulfide) groups is 1. The molecule has 0 aliphatic carbocycles. The van der Waals surface area contributed by atoms with Crippen LogP contribution in [-0.4, -0.2) is 31.5 Å². The first-order valence-corrected chi connectivity index (χ1v) is 6.21. The Labute approximate surface area is 100 Å². The van der Waals surface area contributed by atoms with Crippen LogP contribution in [0.25, 0.3) is 0 Å². The molecule has 4 heteroatoms. The highest BCUT2D eigenvalue weighted by molar-refractivity contribution is 7.99. The van der Waals surface area contributed by atoms with E-state index in [0.29, 0.717) is 22.8 Å². The SMILES string of the molecule is CCSCC(=O)c1ccc(OC)c(OC)c1. The molecule has 1 aromatic rings. The fourth-order valence-electron chi connectivity index (χ4n) is 1.29. The number of carbonyl (C=O) groups excluding carboxylic acids is 1. The number of ether oxygens (including phenoxy) is 2. The normalized spacial score (nSPS) is 9.94. The number of ketones is 1. The highest BCUT2D eigenvalue weighted by Crippen LogP contribution is 2.27. The van der Waals surface area contributed by atoms with Crippen LogP contribution in [0.15, 0.2) is 18.2 Å². The standard InChI is InChI=1S/C12H16O3S/c1-4-16-8-10(13)9-5-6-11(14-2)12(7-9)15-3/h5-7H,4,8H2,1-3H3. The maximum Gasteiger partial charge on any atom is 0.172 e. The van der Waals surface area contributed by atoms with Crippen LogP contribution in [0.3, 0.4) is 0 Å². The maximum absolute atomic E-state index is 11.8. The molecule has 0 saturated heterocycles. The van der Waals surface area contributed by atoms with Gasteiger partial charge in [-0.25, -0.2) is 0 Å². The Balaban J connectivity index is 2.85. The first-order chi connectivity index (χ1) is 7.72. The molecule has 0 N–H and O–H groups in total. The molecule has 0 aliphatic rings. The summed E-state index contributed by atoms with van der Waals surface area (Å²) in [6.07, 6.45) is 0. The van der Waals surface area contributed by atoms with Crippen molar-refractivity contribution in [2.24, 2.45) is 0 Å². The molecule has 16 heavy (non-hydrogen) atoms. The number of benzene rings is 1. The summed E-state index contributed by atoms with van der Waals surface area (Å²) in [5, 5.41) is 0. The van der Waals surface area contributed by atoms with Gasteiger partial charge in [-0.2, -0.15) is 11.8 Å². The topological polar surface area (TPSA) is 35.5 Å². The lowest BCUT2D eigenvalue weighted by Crippen LogP contribution is -2.03. The second kappa shape index (κ2) is 6.43. The van der Waals surface area contributed by atoms with Crippen molar-refractivity contribution in [1.29, 1.82) is 0 Å². The number of hydrogen-bond acceptors (Lipinski definition) is 4. The Morgan fingerprint density at radius 2 is 1.94 bits per heavy atom. The van der Waals surface area contributed by atoms with E-state index < -0.39 is 0 Å². The predicted molar refractivity (Wildman–Crippen MR) is 66.9 cm³/mol. The second-order valence-electron chi connectivity index (χ2n) is 3.13. The third-order valence-corrected chi connectivity index (χ3v) is 3.02. The number of hydrogen-bond donors (Lipinski definition) is 0. The molecule has 0 radical (unpaired) electrons. The van der Waals surface area contributed by atoms with E-state index in [0.717, 1.165) is 5.75 Å². The van der Waals surface area contributed by atoms with E-state index in [1.165, 1.54) is 0 Å². The third-order valence-electron chi connectivity index (χ3n) is 2.14. The molecule has 0 saturated carbocycles. The molecular formula is C12H16O3S. The maximum atomic E-state index is 11.8.